The molecule has 0 saturated carbocycles. The van der Waals surface area contributed by atoms with Crippen LogP contribution in [0.3, 0.4) is 0 Å². The molecule has 11 heteroatoms. The van der Waals surface area contributed by atoms with E-state index in [0.717, 1.165) is 43.0 Å². The Morgan fingerprint density at radius 3 is 2.58 bits per heavy atom. The maximum atomic E-state index is 13.8. The molecule has 1 atom stereocenters. The van der Waals surface area contributed by atoms with Gasteiger partial charge in [-0.1, -0.05) is 30.3 Å². The lowest BCUT2D eigenvalue weighted by atomic mass is 9.89. The maximum Gasteiger partial charge on any atom is 0.221 e. The van der Waals surface area contributed by atoms with Gasteiger partial charge in [-0.25, -0.2) is 9.97 Å². The molecule has 0 bridgehead atoms. The second-order valence-electron chi connectivity index (χ2n) is 11.0. The highest BCUT2D eigenvalue weighted by Crippen LogP contribution is 2.37. The van der Waals surface area contributed by atoms with Crippen LogP contribution in [0.15, 0.2) is 73.2 Å². The number of rotatable bonds is 9. The number of fused-ring (bicyclic) bond motifs is 1. The number of hydrogen-bond acceptors (Lipinski definition) is 11. The van der Waals surface area contributed by atoms with Gasteiger partial charge < -0.3 is 35.5 Å². The largest absolute Gasteiger partial charge is 0.493 e. The number of anilines is 3. The van der Waals surface area contributed by atoms with Crippen LogP contribution in [-0.2, 0) is 17.6 Å². The molecule has 4 heterocycles. The lowest BCUT2D eigenvalue weighted by Crippen LogP contribution is -2.37. The van der Waals surface area contributed by atoms with Crippen molar-refractivity contribution in [2.75, 3.05) is 63.4 Å². The summed E-state index contributed by atoms with van der Waals surface area (Å²) in [7, 11) is 3.07. The van der Waals surface area contributed by atoms with Gasteiger partial charge in [-0.05, 0) is 46.9 Å². The minimum absolute atomic E-state index is 0.0958. The molecule has 0 amide bonds. The highest BCUT2D eigenvalue weighted by Gasteiger charge is 2.28. The Kier molecular flexibility index (Phi) is 8.79. The number of nitrogens with two attached hydrogens (primary N) is 2. The molecular formula is C34H37N7O4. The van der Waals surface area contributed by atoms with Gasteiger partial charge in [-0.2, -0.15) is 4.98 Å². The summed E-state index contributed by atoms with van der Waals surface area (Å²) in [4.78, 5) is 31.2. The quantitative estimate of drug-likeness (QED) is 0.212. The number of nitrogen functional groups attached to an aromatic ring is 2. The van der Waals surface area contributed by atoms with Crippen LogP contribution < -0.4 is 25.8 Å². The molecule has 1 unspecified atom stereocenters. The Balaban J connectivity index is 1.30. The third-order valence-electron chi connectivity index (χ3n) is 8.27. The first-order valence-electron chi connectivity index (χ1n) is 14.9. The second kappa shape index (κ2) is 13.2. The molecular weight excluding hydrogens is 570 g/mol. The Hall–Kier alpha value is -5.16. The first-order chi connectivity index (χ1) is 21.9. The average Bonchev–Trinajstić information content (AvgIpc) is 3.08. The van der Waals surface area contributed by atoms with Gasteiger partial charge >= 0.3 is 0 Å². The molecule has 1 saturated heterocycles. The highest BCUT2D eigenvalue weighted by molar-refractivity contribution is 6.07. The van der Waals surface area contributed by atoms with Crippen molar-refractivity contribution < 1.29 is 19.0 Å². The van der Waals surface area contributed by atoms with E-state index in [-0.39, 0.29) is 23.6 Å². The summed E-state index contributed by atoms with van der Waals surface area (Å²) in [5, 5.41) is 0. The highest BCUT2D eigenvalue weighted by atomic mass is 16.5. The molecule has 45 heavy (non-hydrogen) atoms. The van der Waals surface area contributed by atoms with Crippen LogP contribution in [0.1, 0.15) is 44.2 Å². The molecule has 0 aliphatic carbocycles. The van der Waals surface area contributed by atoms with Crippen molar-refractivity contribution in [2.45, 2.75) is 18.9 Å². The topological polar surface area (TPSA) is 142 Å². The number of ether oxygens (including phenoxy) is 3. The molecule has 0 radical (unpaired) electrons. The molecule has 2 aliphatic rings. The second-order valence-corrected chi connectivity index (χ2v) is 11.0. The number of allylic oxidation sites excluding steroid dienone is 1. The van der Waals surface area contributed by atoms with Crippen LogP contribution in [0.5, 0.6) is 11.5 Å². The van der Waals surface area contributed by atoms with Crippen LogP contribution in [0.25, 0.3) is 0 Å². The van der Waals surface area contributed by atoms with Crippen molar-refractivity contribution in [3.8, 4) is 11.5 Å². The van der Waals surface area contributed by atoms with Crippen molar-refractivity contribution in [3.63, 3.8) is 0 Å². The molecule has 2 aromatic heterocycles. The van der Waals surface area contributed by atoms with Crippen LogP contribution in [-0.4, -0.2) is 72.7 Å². The number of carbonyl (C=O) groups is 1. The van der Waals surface area contributed by atoms with Gasteiger partial charge in [0.15, 0.2) is 17.3 Å². The predicted molar refractivity (Wildman–Crippen MR) is 173 cm³/mol. The normalized spacial score (nSPS) is 16.4. The first-order valence-corrected chi connectivity index (χ1v) is 14.9. The molecule has 0 spiro atoms. The number of hydrogen-bond donors (Lipinski definition) is 2. The van der Waals surface area contributed by atoms with Gasteiger partial charge in [0.25, 0.3) is 0 Å². The zero-order valence-electron chi connectivity index (χ0n) is 25.5. The molecule has 4 aromatic rings. The average molecular weight is 608 g/mol. The van der Waals surface area contributed by atoms with Crippen LogP contribution >= 0.6 is 0 Å². The van der Waals surface area contributed by atoms with E-state index in [4.69, 9.17) is 30.7 Å². The fourth-order valence-electron chi connectivity index (χ4n) is 6.01. The summed E-state index contributed by atoms with van der Waals surface area (Å²) in [6.45, 7) is 3.80. The van der Waals surface area contributed by atoms with Gasteiger partial charge in [-0.3, -0.25) is 4.79 Å². The van der Waals surface area contributed by atoms with E-state index >= 15 is 0 Å². The van der Waals surface area contributed by atoms with Crippen molar-refractivity contribution in [1.82, 2.24) is 19.9 Å². The number of nitrogens with zero attached hydrogens (tertiary/aromatic N) is 5. The van der Waals surface area contributed by atoms with E-state index in [0.29, 0.717) is 42.3 Å². The van der Waals surface area contributed by atoms with Crippen molar-refractivity contribution in [1.29, 1.82) is 0 Å². The minimum atomic E-state index is -0.216. The monoisotopic (exact) mass is 607 g/mol. The fraction of sp³-hybridized carbons (Fsp3) is 0.294. The van der Waals surface area contributed by atoms with Gasteiger partial charge in [0.1, 0.15) is 11.6 Å². The van der Waals surface area contributed by atoms with Crippen molar-refractivity contribution in [2.24, 2.45) is 0 Å². The van der Waals surface area contributed by atoms with Gasteiger partial charge in [0, 0.05) is 56.3 Å². The number of methoxy groups -OCH3 is 2. The number of ketones is 1. The number of carbonyl (C=O) groups excluding carboxylic acids is 1. The van der Waals surface area contributed by atoms with Crippen molar-refractivity contribution >= 4 is 23.4 Å². The van der Waals surface area contributed by atoms with E-state index in [1.54, 1.807) is 25.4 Å². The summed E-state index contributed by atoms with van der Waals surface area (Å²) >= 11 is 0. The predicted octanol–water partition coefficient (Wildman–Crippen LogP) is 3.82. The first kappa shape index (κ1) is 29.9. The van der Waals surface area contributed by atoms with E-state index in [2.05, 4.69) is 56.2 Å². The lowest BCUT2D eigenvalue weighted by molar-refractivity contribution is 0.104. The molecule has 232 valence electrons. The Morgan fingerprint density at radius 1 is 1.02 bits per heavy atom. The number of pyridine rings is 1. The number of benzene rings is 2. The standard InChI is InChI=1S/C34H37N7O4/c1-43-29-19-22(17-25-21-38-34(36)39-33(25)35)18-27(32(29)44-2)28(42)10-12-41-11-9-23-5-3-4-6-26(23)31(41)24-7-8-30(37-20-24)40-13-15-45-16-14-40/h3-8,10,12,18-21,31H,9,11,13-17H2,1-2H3,(H4,35,36,38,39). The fourth-order valence-corrected chi connectivity index (χ4v) is 6.01. The van der Waals surface area contributed by atoms with E-state index in [9.17, 15) is 4.79 Å². The lowest BCUT2D eigenvalue weighted by Gasteiger charge is -2.37. The zero-order valence-corrected chi connectivity index (χ0v) is 25.5. The smallest absolute Gasteiger partial charge is 0.221 e. The summed E-state index contributed by atoms with van der Waals surface area (Å²) in [5.41, 5.74) is 17.2. The summed E-state index contributed by atoms with van der Waals surface area (Å²) in [6, 6.07) is 16.2. The van der Waals surface area contributed by atoms with Gasteiger partial charge in [0.05, 0.1) is 39.0 Å². The third-order valence-corrected chi connectivity index (χ3v) is 8.27. The number of aromatic nitrogens is 3. The Labute approximate surface area is 262 Å². The SMILES string of the molecule is COc1cc(Cc2cnc(N)nc2N)cc(C(=O)C=CN2CCc3ccccc3C2c2ccc(N3CCOCC3)nc2)c1OC. The van der Waals surface area contributed by atoms with E-state index in [1.165, 1.54) is 18.2 Å². The molecule has 2 aromatic carbocycles. The van der Waals surface area contributed by atoms with Gasteiger partial charge in [0.2, 0.25) is 5.95 Å². The minimum Gasteiger partial charge on any atom is -0.493 e. The summed E-state index contributed by atoms with van der Waals surface area (Å²) in [6.07, 6.45) is 8.26. The summed E-state index contributed by atoms with van der Waals surface area (Å²) < 4.78 is 16.7. The summed E-state index contributed by atoms with van der Waals surface area (Å²) in [5.74, 6) is 1.92. The zero-order chi connectivity index (χ0) is 31.3. The molecule has 2 aliphatic heterocycles. The molecule has 4 N–H and O–H groups in total. The van der Waals surface area contributed by atoms with E-state index in [1.807, 2.05) is 18.5 Å². The van der Waals surface area contributed by atoms with Crippen LogP contribution in [0.4, 0.5) is 17.6 Å². The third kappa shape index (κ3) is 6.39. The van der Waals surface area contributed by atoms with Gasteiger partial charge in [-0.15, -0.1) is 0 Å². The Morgan fingerprint density at radius 2 is 1.84 bits per heavy atom. The molecule has 11 nitrogen and oxygen atoms in total. The van der Waals surface area contributed by atoms with Crippen molar-refractivity contribution in [3.05, 3.63) is 107 Å². The Bertz CT molecular complexity index is 1700. The van der Waals surface area contributed by atoms with E-state index < -0.39 is 0 Å². The molecule has 6 rings (SSSR count). The number of morpholine rings is 1. The maximum absolute atomic E-state index is 13.8. The van der Waals surface area contributed by atoms with Crippen LogP contribution in [0.2, 0.25) is 0 Å². The molecule has 1 fully saturated rings. The van der Waals surface area contributed by atoms with Crippen LogP contribution in [0, 0.1) is 0 Å².